The van der Waals surface area contributed by atoms with E-state index >= 15 is 0 Å². The molecule has 1 aliphatic carbocycles. The Hall–Kier alpha value is -4.00. The van der Waals surface area contributed by atoms with Crippen LogP contribution in [0.3, 0.4) is 0 Å². The van der Waals surface area contributed by atoms with Gasteiger partial charge in [-0.2, -0.15) is 0 Å². The summed E-state index contributed by atoms with van der Waals surface area (Å²) in [5, 5.41) is 12.0. The van der Waals surface area contributed by atoms with Gasteiger partial charge >= 0.3 is 12.1 Å². The van der Waals surface area contributed by atoms with E-state index in [1.807, 2.05) is 36.4 Å². The Bertz CT molecular complexity index is 1110. The van der Waals surface area contributed by atoms with E-state index in [-0.39, 0.29) is 29.5 Å². The summed E-state index contributed by atoms with van der Waals surface area (Å²) in [5.41, 5.74) is 4.36. The molecule has 7 heteroatoms. The van der Waals surface area contributed by atoms with E-state index in [4.69, 9.17) is 14.2 Å². The number of carboxylic acids is 1. The van der Waals surface area contributed by atoms with E-state index < -0.39 is 12.1 Å². The Labute approximate surface area is 179 Å². The maximum absolute atomic E-state index is 12.5. The van der Waals surface area contributed by atoms with Crippen LogP contribution in [0.4, 0.5) is 10.5 Å². The SMILES string of the molecule is COc1cc(NC(=O)OCC2c3ccccc3-c3ccccc32)c(C(=O)O)cc1OC. The molecule has 1 amide bonds. The number of benzene rings is 3. The highest BCUT2D eigenvalue weighted by Gasteiger charge is 2.29. The fourth-order valence-corrected chi connectivity index (χ4v) is 3.90. The molecular formula is C24H21NO6. The van der Waals surface area contributed by atoms with Gasteiger partial charge in [0.2, 0.25) is 0 Å². The number of anilines is 1. The van der Waals surface area contributed by atoms with Crippen molar-refractivity contribution in [3.8, 4) is 22.6 Å². The minimum Gasteiger partial charge on any atom is -0.493 e. The molecule has 0 atom stereocenters. The first kappa shape index (κ1) is 20.3. The molecule has 0 unspecified atom stereocenters. The van der Waals surface area contributed by atoms with E-state index in [2.05, 4.69) is 17.4 Å². The van der Waals surface area contributed by atoms with Crippen LogP contribution in [-0.2, 0) is 4.74 Å². The summed E-state index contributed by atoms with van der Waals surface area (Å²) in [7, 11) is 2.83. The van der Waals surface area contributed by atoms with Crippen LogP contribution in [0.25, 0.3) is 11.1 Å². The van der Waals surface area contributed by atoms with Crippen LogP contribution < -0.4 is 14.8 Å². The maximum Gasteiger partial charge on any atom is 0.411 e. The molecule has 1 aliphatic rings. The molecule has 4 rings (SSSR count). The van der Waals surface area contributed by atoms with E-state index in [0.29, 0.717) is 5.75 Å². The minimum absolute atomic E-state index is 0.0578. The first-order chi connectivity index (χ1) is 15.0. The van der Waals surface area contributed by atoms with Crippen LogP contribution in [0.5, 0.6) is 11.5 Å². The molecule has 31 heavy (non-hydrogen) atoms. The van der Waals surface area contributed by atoms with Crippen molar-refractivity contribution >= 4 is 17.7 Å². The third-order valence-corrected chi connectivity index (χ3v) is 5.33. The van der Waals surface area contributed by atoms with Crippen molar-refractivity contribution in [3.05, 3.63) is 77.4 Å². The monoisotopic (exact) mass is 419 g/mol. The van der Waals surface area contributed by atoms with Crippen molar-refractivity contribution in [2.24, 2.45) is 0 Å². The summed E-state index contributed by atoms with van der Waals surface area (Å²) >= 11 is 0. The number of amides is 1. The lowest BCUT2D eigenvalue weighted by Gasteiger charge is -2.16. The molecule has 0 fully saturated rings. The van der Waals surface area contributed by atoms with Crippen LogP contribution in [0.15, 0.2) is 60.7 Å². The van der Waals surface area contributed by atoms with Crippen molar-refractivity contribution < 1.29 is 28.9 Å². The number of fused-ring (bicyclic) bond motifs is 3. The number of carboxylic acid groups (broad SMARTS) is 1. The zero-order valence-electron chi connectivity index (χ0n) is 17.0. The van der Waals surface area contributed by atoms with Gasteiger partial charge in [0, 0.05) is 18.1 Å². The second kappa shape index (κ2) is 8.39. The van der Waals surface area contributed by atoms with Gasteiger partial charge in [0.25, 0.3) is 0 Å². The molecule has 0 heterocycles. The van der Waals surface area contributed by atoms with Gasteiger partial charge < -0.3 is 19.3 Å². The summed E-state index contributed by atoms with van der Waals surface area (Å²) < 4.78 is 15.8. The number of nitrogens with one attached hydrogen (secondary N) is 1. The molecule has 3 aromatic carbocycles. The smallest absolute Gasteiger partial charge is 0.411 e. The predicted molar refractivity (Wildman–Crippen MR) is 115 cm³/mol. The molecule has 0 bridgehead atoms. The van der Waals surface area contributed by atoms with Crippen LogP contribution in [-0.4, -0.2) is 38.0 Å². The average molecular weight is 419 g/mol. The lowest BCUT2D eigenvalue weighted by molar-refractivity contribution is 0.0697. The molecule has 0 spiro atoms. The number of aromatic carboxylic acids is 1. The van der Waals surface area contributed by atoms with Crippen molar-refractivity contribution in [2.45, 2.75) is 5.92 Å². The van der Waals surface area contributed by atoms with Crippen LogP contribution in [0, 0.1) is 0 Å². The highest BCUT2D eigenvalue weighted by molar-refractivity contribution is 5.99. The molecule has 158 valence electrons. The molecule has 7 nitrogen and oxygen atoms in total. The summed E-state index contributed by atoms with van der Waals surface area (Å²) in [6.07, 6.45) is -0.753. The van der Waals surface area contributed by atoms with Gasteiger partial charge in [-0.1, -0.05) is 48.5 Å². The molecule has 3 aromatic rings. The Morgan fingerprint density at radius 2 is 1.45 bits per heavy atom. The fourth-order valence-electron chi connectivity index (χ4n) is 3.90. The number of ether oxygens (including phenoxy) is 3. The lowest BCUT2D eigenvalue weighted by Crippen LogP contribution is -2.19. The Morgan fingerprint density at radius 3 is 2.00 bits per heavy atom. The topological polar surface area (TPSA) is 94.1 Å². The second-order valence-corrected chi connectivity index (χ2v) is 7.01. The molecule has 2 N–H and O–H groups in total. The normalized spacial score (nSPS) is 11.9. The van der Waals surface area contributed by atoms with Gasteiger partial charge in [0.05, 0.1) is 25.5 Å². The van der Waals surface area contributed by atoms with Crippen LogP contribution in [0.1, 0.15) is 27.4 Å². The number of methoxy groups -OCH3 is 2. The molecule has 0 saturated carbocycles. The van der Waals surface area contributed by atoms with Gasteiger partial charge in [-0.05, 0) is 22.3 Å². The number of rotatable bonds is 6. The van der Waals surface area contributed by atoms with Crippen molar-refractivity contribution in [2.75, 3.05) is 26.1 Å². The van der Waals surface area contributed by atoms with E-state index in [1.165, 1.54) is 26.4 Å². The Morgan fingerprint density at radius 1 is 0.903 bits per heavy atom. The maximum atomic E-state index is 12.5. The number of hydrogen-bond donors (Lipinski definition) is 2. The second-order valence-electron chi connectivity index (χ2n) is 7.01. The Kier molecular flexibility index (Phi) is 5.49. The predicted octanol–water partition coefficient (Wildman–Crippen LogP) is 4.76. The lowest BCUT2D eigenvalue weighted by atomic mass is 9.98. The van der Waals surface area contributed by atoms with E-state index in [0.717, 1.165) is 22.3 Å². The van der Waals surface area contributed by atoms with Crippen LogP contribution >= 0.6 is 0 Å². The molecule has 0 radical (unpaired) electrons. The standard InChI is InChI=1S/C24H21NO6/c1-29-21-11-18(23(26)27)20(12-22(21)30-2)25-24(28)31-13-19-16-9-5-3-7-14(16)15-8-4-6-10-17(15)19/h3-12,19H,13H2,1-2H3,(H,25,28)(H,26,27). The number of carbonyl (C=O) groups is 2. The van der Waals surface area contributed by atoms with Gasteiger partial charge in [-0.3, -0.25) is 5.32 Å². The summed E-state index contributed by atoms with van der Waals surface area (Å²) in [4.78, 5) is 24.1. The largest absolute Gasteiger partial charge is 0.493 e. The van der Waals surface area contributed by atoms with E-state index in [1.54, 1.807) is 0 Å². The molecule has 0 saturated heterocycles. The van der Waals surface area contributed by atoms with Gasteiger partial charge in [0.1, 0.15) is 6.61 Å². The van der Waals surface area contributed by atoms with Crippen molar-refractivity contribution in [1.82, 2.24) is 0 Å². The van der Waals surface area contributed by atoms with Gasteiger partial charge in [0.15, 0.2) is 11.5 Å². The average Bonchev–Trinajstić information content (AvgIpc) is 3.11. The first-order valence-corrected chi connectivity index (χ1v) is 9.64. The third kappa shape index (κ3) is 3.77. The molecular weight excluding hydrogens is 398 g/mol. The number of hydrogen-bond acceptors (Lipinski definition) is 5. The zero-order valence-corrected chi connectivity index (χ0v) is 17.0. The van der Waals surface area contributed by atoms with Gasteiger partial charge in [-0.15, -0.1) is 0 Å². The van der Waals surface area contributed by atoms with E-state index in [9.17, 15) is 14.7 Å². The Balaban J connectivity index is 1.54. The quantitative estimate of drug-likeness (QED) is 0.598. The number of carbonyl (C=O) groups excluding carboxylic acids is 1. The van der Waals surface area contributed by atoms with Crippen molar-refractivity contribution in [1.29, 1.82) is 0 Å². The van der Waals surface area contributed by atoms with Crippen molar-refractivity contribution in [3.63, 3.8) is 0 Å². The summed E-state index contributed by atoms with van der Waals surface area (Å²) in [6.45, 7) is 0.121. The summed E-state index contributed by atoms with van der Waals surface area (Å²) in [5.74, 6) is -0.767. The zero-order chi connectivity index (χ0) is 22.0. The molecule has 0 aliphatic heterocycles. The highest BCUT2D eigenvalue weighted by Crippen LogP contribution is 2.44. The van der Waals surface area contributed by atoms with Crippen LogP contribution in [0.2, 0.25) is 0 Å². The highest BCUT2D eigenvalue weighted by atomic mass is 16.5. The fraction of sp³-hybridized carbons (Fsp3) is 0.167. The third-order valence-electron chi connectivity index (χ3n) is 5.33. The first-order valence-electron chi connectivity index (χ1n) is 9.64. The minimum atomic E-state index is -1.21. The van der Waals surface area contributed by atoms with Gasteiger partial charge in [-0.25, -0.2) is 9.59 Å². The molecule has 0 aromatic heterocycles. The summed E-state index contributed by atoms with van der Waals surface area (Å²) in [6, 6.07) is 18.7.